The van der Waals surface area contributed by atoms with Crippen molar-refractivity contribution in [2.75, 3.05) is 0 Å². The van der Waals surface area contributed by atoms with Crippen molar-refractivity contribution in [2.24, 2.45) is 29.1 Å². The summed E-state index contributed by atoms with van der Waals surface area (Å²) >= 11 is 0. The molecule has 0 unspecified atom stereocenters. The van der Waals surface area contributed by atoms with Crippen LogP contribution < -0.4 is 0 Å². The van der Waals surface area contributed by atoms with E-state index in [1.54, 1.807) is 6.92 Å². The predicted octanol–water partition coefficient (Wildman–Crippen LogP) is 3.61. The summed E-state index contributed by atoms with van der Waals surface area (Å²) in [7, 11) is 0. The lowest BCUT2D eigenvalue weighted by Crippen LogP contribution is -2.55. The number of Topliss-reactive ketones (excluding diaryl/α,β-unsaturated/α-hetero) is 1. The number of carbonyl (C=O) groups is 2. The Hall–Kier alpha value is -1.22. The summed E-state index contributed by atoms with van der Waals surface area (Å²) in [6.45, 7) is 5.82. The van der Waals surface area contributed by atoms with Gasteiger partial charge in [-0.3, -0.25) is 9.59 Å². The van der Waals surface area contributed by atoms with E-state index >= 15 is 0 Å². The zero-order chi connectivity index (χ0) is 17.3. The molecule has 0 bridgehead atoms. The Labute approximate surface area is 144 Å². The maximum atomic E-state index is 12.2. The first-order chi connectivity index (χ1) is 11.3. The Morgan fingerprint density at radius 1 is 1.25 bits per heavy atom. The fourth-order valence-electron chi connectivity index (χ4n) is 6.57. The minimum absolute atomic E-state index is 0.0636. The molecule has 0 aromatic heterocycles. The molecule has 0 spiro atoms. The third-order valence-corrected chi connectivity index (χ3v) is 7.95. The van der Waals surface area contributed by atoms with Crippen molar-refractivity contribution in [3.05, 3.63) is 23.3 Å². The number of carbonyl (C=O) groups excluding carboxylic acids is 2. The van der Waals surface area contributed by atoms with Crippen molar-refractivity contribution in [3.8, 4) is 0 Å². The van der Waals surface area contributed by atoms with E-state index in [2.05, 4.69) is 19.9 Å². The predicted molar refractivity (Wildman–Crippen MR) is 92.2 cm³/mol. The van der Waals surface area contributed by atoms with E-state index in [-0.39, 0.29) is 17.0 Å². The van der Waals surface area contributed by atoms with E-state index < -0.39 is 5.60 Å². The molecular formula is C21H28O3. The molecule has 0 saturated heterocycles. The first-order valence-corrected chi connectivity index (χ1v) is 9.44. The van der Waals surface area contributed by atoms with E-state index in [0.717, 1.165) is 25.7 Å². The molecule has 130 valence electrons. The van der Waals surface area contributed by atoms with Gasteiger partial charge in [0.2, 0.25) is 0 Å². The minimum Gasteiger partial charge on any atom is -0.382 e. The average Bonchev–Trinajstić information content (AvgIpc) is 2.81. The fourth-order valence-corrected chi connectivity index (χ4v) is 6.57. The topological polar surface area (TPSA) is 54.4 Å². The average molecular weight is 328 g/mol. The van der Waals surface area contributed by atoms with Gasteiger partial charge in [-0.2, -0.15) is 0 Å². The van der Waals surface area contributed by atoms with Crippen LogP contribution >= 0.6 is 0 Å². The molecule has 0 radical (unpaired) electrons. The Morgan fingerprint density at radius 3 is 2.71 bits per heavy atom. The molecule has 4 rings (SSSR count). The maximum absolute atomic E-state index is 12.2. The molecule has 24 heavy (non-hydrogen) atoms. The highest BCUT2D eigenvalue weighted by Gasteiger charge is 2.63. The summed E-state index contributed by atoms with van der Waals surface area (Å²) in [6, 6.07) is 0. The molecule has 2 saturated carbocycles. The van der Waals surface area contributed by atoms with Gasteiger partial charge in [-0.25, -0.2) is 0 Å². The molecule has 0 heterocycles. The lowest BCUT2D eigenvalue weighted by Gasteiger charge is -2.54. The first kappa shape index (κ1) is 16.3. The van der Waals surface area contributed by atoms with Crippen LogP contribution in [0.5, 0.6) is 0 Å². The summed E-state index contributed by atoms with van der Waals surface area (Å²) in [6.07, 6.45) is 9.38. The van der Waals surface area contributed by atoms with Gasteiger partial charge in [0.15, 0.2) is 11.6 Å². The van der Waals surface area contributed by atoms with Gasteiger partial charge in [-0.05, 0) is 81.3 Å². The zero-order valence-electron chi connectivity index (χ0n) is 15.0. The van der Waals surface area contributed by atoms with E-state index in [0.29, 0.717) is 36.5 Å². The molecule has 0 aromatic carbocycles. The zero-order valence-corrected chi connectivity index (χ0v) is 15.0. The highest BCUT2D eigenvalue weighted by atomic mass is 16.3. The van der Waals surface area contributed by atoms with Crippen LogP contribution in [0.4, 0.5) is 0 Å². The van der Waals surface area contributed by atoms with E-state index in [1.165, 1.54) is 11.1 Å². The lowest BCUT2D eigenvalue weighted by molar-refractivity contribution is -0.155. The van der Waals surface area contributed by atoms with Crippen molar-refractivity contribution in [3.63, 3.8) is 0 Å². The molecule has 0 aromatic rings. The van der Waals surface area contributed by atoms with E-state index in [9.17, 15) is 14.7 Å². The van der Waals surface area contributed by atoms with Crippen LogP contribution in [0.1, 0.15) is 59.3 Å². The van der Waals surface area contributed by atoms with Crippen LogP contribution in [0.3, 0.4) is 0 Å². The second-order valence-electron chi connectivity index (χ2n) is 8.82. The normalized spacial score (nSPS) is 47.2. The Kier molecular flexibility index (Phi) is 3.48. The van der Waals surface area contributed by atoms with Crippen LogP contribution in [0.15, 0.2) is 23.3 Å². The number of hydrogen-bond donors (Lipinski definition) is 1. The molecule has 4 aliphatic rings. The van der Waals surface area contributed by atoms with Gasteiger partial charge in [0.05, 0.1) is 0 Å². The van der Waals surface area contributed by atoms with Crippen molar-refractivity contribution in [1.29, 1.82) is 0 Å². The van der Waals surface area contributed by atoms with Crippen LogP contribution in [0, 0.1) is 29.1 Å². The molecule has 4 aliphatic carbocycles. The van der Waals surface area contributed by atoms with Gasteiger partial charge in [0, 0.05) is 11.8 Å². The standard InChI is InChI=1S/C21H28O3/c1-12-10-18-16(15-5-4-14(23)11-17(12)15)6-8-20(3)19(18)7-9-21(20,24)13(2)22/h10-11,15-16,18-19,24H,4-9H2,1-3H3/t15-,16-,18+,19-,20-,21-/m0/s1. The maximum Gasteiger partial charge on any atom is 0.161 e. The SMILES string of the molecule is CC(=O)[C@@]1(O)CC[C@H]2[C@@H]3C=C(C)C4=CC(=O)CC[C@H]4[C@@H]3CC[C@@]21C. The highest BCUT2D eigenvalue weighted by Crippen LogP contribution is 2.64. The number of hydrogen-bond acceptors (Lipinski definition) is 3. The van der Waals surface area contributed by atoms with Gasteiger partial charge in [-0.1, -0.05) is 18.6 Å². The lowest BCUT2D eigenvalue weighted by atomic mass is 9.51. The molecule has 6 atom stereocenters. The van der Waals surface area contributed by atoms with Crippen molar-refractivity contribution < 1.29 is 14.7 Å². The molecule has 3 nitrogen and oxygen atoms in total. The van der Waals surface area contributed by atoms with Gasteiger partial charge in [0.25, 0.3) is 0 Å². The quantitative estimate of drug-likeness (QED) is 0.800. The number of aliphatic hydroxyl groups is 1. The van der Waals surface area contributed by atoms with Crippen molar-refractivity contribution >= 4 is 11.6 Å². The van der Waals surface area contributed by atoms with Gasteiger partial charge in [0.1, 0.15) is 5.60 Å². The fraction of sp³-hybridized carbons (Fsp3) is 0.714. The summed E-state index contributed by atoms with van der Waals surface area (Å²) in [5, 5.41) is 11.1. The van der Waals surface area contributed by atoms with Gasteiger partial charge in [-0.15, -0.1) is 0 Å². The Balaban J connectivity index is 1.75. The third-order valence-electron chi connectivity index (χ3n) is 7.95. The highest BCUT2D eigenvalue weighted by molar-refractivity contribution is 5.92. The van der Waals surface area contributed by atoms with Crippen molar-refractivity contribution in [1.82, 2.24) is 0 Å². The molecule has 1 N–H and O–H groups in total. The number of ketones is 2. The molecule has 0 amide bonds. The molecular weight excluding hydrogens is 300 g/mol. The third kappa shape index (κ3) is 1.94. The minimum atomic E-state index is -1.15. The number of rotatable bonds is 1. The summed E-state index contributed by atoms with van der Waals surface area (Å²) in [4.78, 5) is 24.0. The van der Waals surface area contributed by atoms with Crippen LogP contribution in [0.25, 0.3) is 0 Å². The van der Waals surface area contributed by atoms with Crippen molar-refractivity contribution in [2.45, 2.75) is 64.9 Å². The monoisotopic (exact) mass is 328 g/mol. The van der Waals surface area contributed by atoms with Crippen LogP contribution in [-0.2, 0) is 9.59 Å². The largest absolute Gasteiger partial charge is 0.382 e. The van der Waals surface area contributed by atoms with E-state index in [1.807, 2.05) is 6.08 Å². The molecule has 0 aliphatic heterocycles. The summed E-state index contributed by atoms with van der Waals surface area (Å²) in [5.74, 6) is 2.08. The van der Waals surface area contributed by atoms with Crippen LogP contribution in [-0.4, -0.2) is 22.3 Å². The second-order valence-corrected chi connectivity index (χ2v) is 8.82. The summed E-state index contributed by atoms with van der Waals surface area (Å²) < 4.78 is 0. The smallest absolute Gasteiger partial charge is 0.161 e. The molecule has 2 fully saturated rings. The van der Waals surface area contributed by atoms with Gasteiger partial charge < -0.3 is 5.11 Å². The molecule has 3 heteroatoms. The van der Waals surface area contributed by atoms with Gasteiger partial charge >= 0.3 is 0 Å². The number of allylic oxidation sites excluding steroid dienone is 4. The Morgan fingerprint density at radius 2 is 2.00 bits per heavy atom. The second kappa shape index (κ2) is 5.14. The van der Waals surface area contributed by atoms with Crippen LogP contribution in [0.2, 0.25) is 0 Å². The van der Waals surface area contributed by atoms with E-state index in [4.69, 9.17) is 0 Å². The Bertz CT molecular complexity index is 673. The summed E-state index contributed by atoms with van der Waals surface area (Å²) in [5.41, 5.74) is 1.05. The number of fused-ring (bicyclic) bond motifs is 5. The first-order valence-electron chi connectivity index (χ1n) is 9.44.